The molecule has 12 nitrogen and oxygen atoms in total. The Morgan fingerprint density at radius 3 is 2.51 bits per heavy atom. The Labute approximate surface area is 263 Å². The van der Waals surface area contributed by atoms with Crippen LogP contribution in [-0.2, 0) is 24.4 Å². The molecule has 7 atom stereocenters. The van der Waals surface area contributed by atoms with E-state index >= 15 is 0 Å². The number of fused-ring (bicyclic) bond motifs is 2. The number of carbonyl (C=O) groups is 4. The Morgan fingerprint density at radius 1 is 1.16 bits per heavy atom. The second-order valence-electron chi connectivity index (χ2n) is 13.9. The van der Waals surface area contributed by atoms with Crippen LogP contribution in [0.1, 0.15) is 72.1 Å². The summed E-state index contributed by atoms with van der Waals surface area (Å²) < 4.78 is 41.1. The highest BCUT2D eigenvalue weighted by Gasteiger charge is 2.63. The van der Waals surface area contributed by atoms with Crippen LogP contribution in [0.5, 0.6) is 0 Å². The number of ketones is 1. The van der Waals surface area contributed by atoms with Gasteiger partial charge in [0.1, 0.15) is 11.6 Å². The van der Waals surface area contributed by atoms with Gasteiger partial charge in [-0.25, -0.2) is 17.6 Å². The quantitative estimate of drug-likeness (QED) is 0.325. The molecule has 0 aromatic rings. The second-order valence-corrected chi connectivity index (χ2v) is 16.1. The molecule has 2 heterocycles. The zero-order chi connectivity index (χ0) is 32.9. The number of hydrogen-bond donors (Lipinski definition) is 4. The minimum absolute atomic E-state index is 0.0297. The van der Waals surface area contributed by atoms with E-state index in [1.807, 2.05) is 17.1 Å². The number of Topliss-reactive ketones (excluding diaryl/α,β-unsaturated/α-hetero) is 1. The molecule has 0 aromatic carbocycles. The van der Waals surface area contributed by atoms with Crippen LogP contribution in [0.3, 0.4) is 0 Å². The topological polar surface area (TPSA) is 179 Å². The Morgan fingerprint density at radius 2 is 1.84 bits per heavy atom. The maximum absolute atomic E-state index is 14.0. The van der Waals surface area contributed by atoms with Crippen LogP contribution in [0.4, 0.5) is 9.18 Å². The van der Waals surface area contributed by atoms with Crippen molar-refractivity contribution >= 4 is 33.7 Å². The first kappa shape index (κ1) is 33.3. The van der Waals surface area contributed by atoms with Gasteiger partial charge in [0, 0.05) is 18.2 Å². The number of carbonyl (C=O) groups excluding carboxylic acids is 3. The van der Waals surface area contributed by atoms with Gasteiger partial charge < -0.3 is 16.2 Å². The van der Waals surface area contributed by atoms with E-state index < -0.39 is 73.9 Å². The first-order valence-electron chi connectivity index (χ1n) is 15.8. The Bertz CT molecular complexity index is 1460. The highest BCUT2D eigenvalue weighted by Crippen LogP contribution is 2.47. The lowest BCUT2D eigenvalue weighted by atomic mass is 9.91. The molecule has 14 heteroatoms. The number of amides is 3. The summed E-state index contributed by atoms with van der Waals surface area (Å²) in [5, 5.41) is 13.1. The van der Waals surface area contributed by atoms with Gasteiger partial charge in [0.05, 0.1) is 16.8 Å². The molecule has 1 saturated heterocycles. The number of halogens is 1. The van der Waals surface area contributed by atoms with Crippen molar-refractivity contribution < 1.29 is 37.1 Å². The maximum atomic E-state index is 14.0. The zero-order valence-corrected chi connectivity index (χ0v) is 26.8. The van der Waals surface area contributed by atoms with Crippen LogP contribution in [0.2, 0.25) is 0 Å². The lowest BCUT2D eigenvalue weighted by Gasteiger charge is -2.32. The number of nitrogens with one attached hydrogen (secondary N) is 2. The highest BCUT2D eigenvalue weighted by atomic mass is 32.2. The number of nitrogens with zero attached hydrogens (tertiary/aromatic N) is 2. The third kappa shape index (κ3) is 6.59. The molecule has 3 fully saturated rings. The number of rotatable bonds is 5. The molecule has 1 unspecified atom stereocenters. The molecule has 5 N–H and O–H groups in total. The van der Waals surface area contributed by atoms with Crippen LogP contribution in [0, 0.1) is 17.8 Å². The number of allylic oxidation sites excluding steroid dienone is 3. The molecule has 248 valence electrons. The molecule has 0 bridgehead atoms. The monoisotopic (exact) mass is 649 g/mol. The molecule has 5 rings (SSSR count). The fraction of sp³-hybridized carbons (Fsp3) is 0.677. The van der Waals surface area contributed by atoms with E-state index in [2.05, 4.69) is 23.9 Å². The Hall–Kier alpha value is -3.10. The molecule has 3 aliphatic carbocycles. The van der Waals surface area contributed by atoms with Crippen LogP contribution >= 0.6 is 0 Å². The van der Waals surface area contributed by atoms with E-state index in [0.717, 1.165) is 36.7 Å². The largest absolute Gasteiger partial charge is 0.465 e. The van der Waals surface area contributed by atoms with E-state index in [-0.39, 0.29) is 25.1 Å². The van der Waals surface area contributed by atoms with Crippen molar-refractivity contribution in [3.05, 3.63) is 35.8 Å². The summed E-state index contributed by atoms with van der Waals surface area (Å²) >= 11 is 0. The van der Waals surface area contributed by atoms with Crippen molar-refractivity contribution in [2.24, 2.45) is 23.5 Å². The van der Waals surface area contributed by atoms with Gasteiger partial charge in [-0.3, -0.25) is 28.9 Å². The van der Waals surface area contributed by atoms with Crippen LogP contribution in [0.15, 0.2) is 35.8 Å². The third-order valence-electron chi connectivity index (χ3n) is 10.3. The Balaban J connectivity index is 1.44. The van der Waals surface area contributed by atoms with E-state index in [0.29, 0.717) is 31.2 Å². The van der Waals surface area contributed by atoms with Gasteiger partial charge in [-0.1, -0.05) is 26.0 Å². The fourth-order valence-electron chi connectivity index (χ4n) is 6.94. The minimum atomic E-state index is -3.95. The van der Waals surface area contributed by atoms with Crippen LogP contribution < -0.4 is 15.8 Å². The van der Waals surface area contributed by atoms with Gasteiger partial charge >= 0.3 is 6.09 Å². The number of carboxylic acid groups (broad SMARTS) is 1. The molecule has 2 aliphatic heterocycles. The van der Waals surface area contributed by atoms with Gasteiger partial charge in [-0.05, 0) is 88.8 Å². The molecule has 0 aromatic heterocycles. The molecule has 0 spiro atoms. The lowest BCUT2D eigenvalue weighted by molar-refractivity contribution is -0.131. The number of hydrogen-bond acceptors (Lipinski definition) is 8. The van der Waals surface area contributed by atoms with Crippen molar-refractivity contribution in [3.63, 3.8) is 0 Å². The first-order chi connectivity index (χ1) is 21.1. The predicted octanol–water partition coefficient (Wildman–Crippen LogP) is 2.33. The van der Waals surface area contributed by atoms with Crippen molar-refractivity contribution in [1.29, 1.82) is 0 Å². The summed E-state index contributed by atoms with van der Waals surface area (Å²) in [5.41, 5.74) is 4.42. The van der Waals surface area contributed by atoms with Crippen molar-refractivity contribution in [3.8, 4) is 0 Å². The van der Waals surface area contributed by atoms with Crippen LogP contribution in [-0.4, -0.2) is 88.5 Å². The van der Waals surface area contributed by atoms with Crippen LogP contribution in [0.25, 0.3) is 0 Å². The van der Waals surface area contributed by atoms with E-state index in [9.17, 15) is 37.1 Å². The van der Waals surface area contributed by atoms with Crippen molar-refractivity contribution in [2.75, 3.05) is 13.1 Å². The SMILES string of the molecule is CC1CC/C=C\[C@@H]2C[C@@]2(C(=O)NS(=O)(=O)C2(C)CC2)NC(=O)[C@@H]2C[C@@H](N(C(=O)O)C3=CC=C(F)C(=O)[C@H]3N)CN2CC[C@H](C)C1. The summed E-state index contributed by atoms with van der Waals surface area (Å²) in [6, 6.07) is -3.15. The fourth-order valence-corrected chi connectivity index (χ4v) is 8.25. The predicted molar refractivity (Wildman–Crippen MR) is 164 cm³/mol. The molecule has 2 saturated carbocycles. The average molecular weight is 650 g/mol. The lowest BCUT2D eigenvalue weighted by Crippen LogP contribution is -2.56. The van der Waals surface area contributed by atoms with Gasteiger partial charge in [0.25, 0.3) is 5.91 Å². The summed E-state index contributed by atoms with van der Waals surface area (Å²) in [6.07, 6.45) is 9.15. The van der Waals surface area contributed by atoms with E-state index in [1.165, 1.54) is 6.08 Å². The Kier molecular flexibility index (Phi) is 9.06. The second kappa shape index (κ2) is 12.3. The summed E-state index contributed by atoms with van der Waals surface area (Å²) in [6.45, 7) is 6.53. The van der Waals surface area contributed by atoms with Gasteiger partial charge in [0.15, 0.2) is 5.83 Å². The normalized spacial score (nSPS) is 36.1. The van der Waals surface area contributed by atoms with Crippen molar-refractivity contribution in [1.82, 2.24) is 19.8 Å². The highest BCUT2D eigenvalue weighted by molar-refractivity contribution is 7.91. The van der Waals surface area contributed by atoms with Gasteiger partial charge in [-0.15, -0.1) is 0 Å². The molecular formula is C31H44FN5O7S. The molecule has 3 amide bonds. The molecule has 45 heavy (non-hydrogen) atoms. The third-order valence-corrected chi connectivity index (χ3v) is 12.4. The molecule has 5 aliphatic rings. The summed E-state index contributed by atoms with van der Waals surface area (Å²) in [4.78, 5) is 55.3. The summed E-state index contributed by atoms with van der Waals surface area (Å²) in [7, 11) is -3.95. The average Bonchev–Trinajstić information content (AvgIpc) is 3.84. The van der Waals surface area contributed by atoms with Gasteiger partial charge in [0.2, 0.25) is 21.7 Å². The minimum Gasteiger partial charge on any atom is -0.465 e. The van der Waals surface area contributed by atoms with Gasteiger partial charge in [-0.2, -0.15) is 0 Å². The van der Waals surface area contributed by atoms with Crippen molar-refractivity contribution in [2.45, 2.75) is 101 Å². The van der Waals surface area contributed by atoms with E-state index in [1.54, 1.807) is 6.92 Å². The smallest absolute Gasteiger partial charge is 0.411 e. The maximum Gasteiger partial charge on any atom is 0.411 e. The first-order valence-corrected chi connectivity index (χ1v) is 17.3. The number of nitrogens with two attached hydrogens (primary N) is 1. The van der Waals surface area contributed by atoms with E-state index in [4.69, 9.17) is 5.73 Å². The number of sulfonamides is 1. The molecule has 0 radical (unpaired) electrons. The zero-order valence-electron chi connectivity index (χ0n) is 26.0. The molecular weight excluding hydrogens is 605 g/mol. The summed E-state index contributed by atoms with van der Waals surface area (Å²) in [5.74, 6) is -3.01. The standard InChI is InChI=1S/C31H44FN5O7S/c1-18-6-4-5-7-20-16-31(20,28(40)35-45(43,44)30(3)11-12-30)34-27(39)24-15-21(17-36(24)13-10-19(2)14-18)37(29(41)42)23-9-8-22(32)26(38)25(23)33/h5,7-9,18-21,24-25H,4,6,10-17,33H2,1-3H3,(H,34,39)(H,35,40)(H,41,42)/b7-5-/t18?,19-,20+,21+,24-,25-,31+/m0/s1.